The highest BCUT2D eigenvalue weighted by atomic mass is 35.5. The van der Waals surface area contributed by atoms with Crippen LogP contribution in [0, 0.1) is 11.8 Å². The summed E-state index contributed by atoms with van der Waals surface area (Å²) in [6.07, 6.45) is 5.72. The van der Waals surface area contributed by atoms with E-state index in [2.05, 4.69) is 17.4 Å². The van der Waals surface area contributed by atoms with Crippen LogP contribution in [-0.4, -0.2) is 17.8 Å². The topological polar surface area (TPSA) is 29.1 Å². The highest BCUT2D eigenvalue weighted by Crippen LogP contribution is 2.47. The lowest BCUT2D eigenvalue weighted by Gasteiger charge is -2.27. The summed E-state index contributed by atoms with van der Waals surface area (Å²) in [5.41, 5.74) is 1.29. The second-order valence-electron chi connectivity index (χ2n) is 6.17. The van der Waals surface area contributed by atoms with E-state index in [0.29, 0.717) is 11.8 Å². The first-order valence-electron chi connectivity index (χ1n) is 7.72. The van der Waals surface area contributed by atoms with Crippen molar-refractivity contribution in [2.45, 2.75) is 43.4 Å². The predicted octanol–water partition coefficient (Wildman–Crippen LogP) is 3.70. The standard InChI is InChI=1S/C17H22ClNO/c18-16-9-5-4-8-13(16)11-19-17(20)15-10-14(15)12-6-2-1-3-7-12/h1-3,6-7,13-16H,4-5,8-11H2,(H,19,20). The van der Waals surface area contributed by atoms with Gasteiger partial charge in [0.2, 0.25) is 5.91 Å². The molecule has 0 saturated heterocycles. The summed E-state index contributed by atoms with van der Waals surface area (Å²) in [6.45, 7) is 0.755. The molecule has 1 N–H and O–H groups in total. The van der Waals surface area contributed by atoms with Crippen molar-refractivity contribution < 1.29 is 4.79 Å². The molecule has 1 aromatic carbocycles. The van der Waals surface area contributed by atoms with Gasteiger partial charge in [0, 0.05) is 17.8 Å². The van der Waals surface area contributed by atoms with E-state index in [0.717, 1.165) is 25.8 Å². The lowest BCUT2D eigenvalue weighted by molar-refractivity contribution is -0.122. The summed E-state index contributed by atoms with van der Waals surface area (Å²) >= 11 is 6.33. The fourth-order valence-corrected chi connectivity index (χ4v) is 3.68. The van der Waals surface area contributed by atoms with Gasteiger partial charge in [-0.05, 0) is 36.7 Å². The fourth-order valence-electron chi connectivity index (χ4n) is 3.31. The Balaban J connectivity index is 1.47. The van der Waals surface area contributed by atoms with E-state index in [-0.39, 0.29) is 17.2 Å². The molecule has 3 heteroatoms. The number of carbonyl (C=O) groups is 1. The molecule has 20 heavy (non-hydrogen) atoms. The molecule has 3 rings (SSSR count). The second-order valence-corrected chi connectivity index (χ2v) is 6.73. The third-order valence-corrected chi connectivity index (χ3v) is 5.28. The van der Waals surface area contributed by atoms with E-state index in [1.165, 1.54) is 18.4 Å². The van der Waals surface area contributed by atoms with Crippen molar-refractivity contribution in [1.82, 2.24) is 5.32 Å². The van der Waals surface area contributed by atoms with Gasteiger partial charge in [0.1, 0.15) is 0 Å². The molecule has 0 aliphatic heterocycles. The summed E-state index contributed by atoms with van der Waals surface area (Å²) in [5, 5.41) is 3.36. The average Bonchev–Trinajstić information content (AvgIpc) is 3.28. The molecule has 2 nitrogen and oxygen atoms in total. The minimum Gasteiger partial charge on any atom is -0.356 e. The van der Waals surface area contributed by atoms with Gasteiger partial charge < -0.3 is 5.32 Å². The van der Waals surface area contributed by atoms with Crippen LogP contribution in [0.25, 0.3) is 0 Å². The van der Waals surface area contributed by atoms with E-state index < -0.39 is 0 Å². The molecule has 2 aliphatic rings. The summed E-state index contributed by atoms with van der Waals surface area (Å²) in [7, 11) is 0. The van der Waals surface area contributed by atoms with Crippen LogP contribution in [0.15, 0.2) is 30.3 Å². The van der Waals surface area contributed by atoms with Crippen molar-refractivity contribution in [3.63, 3.8) is 0 Å². The Morgan fingerprint density at radius 3 is 2.70 bits per heavy atom. The second kappa shape index (κ2) is 6.17. The largest absolute Gasteiger partial charge is 0.356 e. The van der Waals surface area contributed by atoms with Crippen LogP contribution in [0.2, 0.25) is 0 Å². The molecule has 2 fully saturated rings. The molecule has 0 spiro atoms. The van der Waals surface area contributed by atoms with Gasteiger partial charge in [0.25, 0.3) is 0 Å². The van der Waals surface area contributed by atoms with Gasteiger partial charge >= 0.3 is 0 Å². The number of hydrogen-bond acceptors (Lipinski definition) is 1. The third-order valence-electron chi connectivity index (χ3n) is 4.71. The molecule has 4 unspecified atom stereocenters. The van der Waals surface area contributed by atoms with Crippen molar-refractivity contribution in [3.8, 4) is 0 Å². The van der Waals surface area contributed by atoms with E-state index in [9.17, 15) is 4.79 Å². The van der Waals surface area contributed by atoms with Crippen LogP contribution in [0.1, 0.15) is 43.6 Å². The zero-order chi connectivity index (χ0) is 13.9. The van der Waals surface area contributed by atoms with E-state index >= 15 is 0 Å². The minimum atomic E-state index is 0.176. The predicted molar refractivity (Wildman–Crippen MR) is 81.9 cm³/mol. The number of benzene rings is 1. The van der Waals surface area contributed by atoms with Crippen molar-refractivity contribution in [3.05, 3.63) is 35.9 Å². The van der Waals surface area contributed by atoms with Crippen LogP contribution < -0.4 is 5.32 Å². The van der Waals surface area contributed by atoms with Crippen molar-refractivity contribution in [2.75, 3.05) is 6.54 Å². The zero-order valence-corrected chi connectivity index (χ0v) is 12.5. The lowest BCUT2D eigenvalue weighted by atomic mass is 9.88. The molecule has 0 radical (unpaired) electrons. The molecular formula is C17H22ClNO. The summed E-state index contributed by atoms with van der Waals surface area (Å²) < 4.78 is 0. The van der Waals surface area contributed by atoms with Gasteiger partial charge in [-0.15, -0.1) is 11.6 Å². The quantitative estimate of drug-likeness (QED) is 0.842. The average molecular weight is 292 g/mol. The number of amides is 1. The number of alkyl halides is 1. The Morgan fingerprint density at radius 1 is 1.20 bits per heavy atom. The Labute approximate surface area is 125 Å². The number of rotatable bonds is 4. The smallest absolute Gasteiger partial charge is 0.223 e. The maximum atomic E-state index is 12.2. The molecule has 2 saturated carbocycles. The Bertz CT molecular complexity index is 461. The molecular weight excluding hydrogens is 270 g/mol. The summed E-state index contributed by atoms with van der Waals surface area (Å²) in [4.78, 5) is 12.2. The van der Waals surface area contributed by atoms with Gasteiger partial charge in [-0.2, -0.15) is 0 Å². The first-order valence-corrected chi connectivity index (χ1v) is 8.16. The van der Waals surface area contributed by atoms with Crippen LogP contribution in [0.5, 0.6) is 0 Å². The fraction of sp³-hybridized carbons (Fsp3) is 0.588. The maximum Gasteiger partial charge on any atom is 0.223 e. The highest BCUT2D eigenvalue weighted by molar-refractivity contribution is 6.20. The number of halogens is 1. The number of carbonyl (C=O) groups excluding carboxylic acids is 1. The molecule has 4 atom stereocenters. The Morgan fingerprint density at radius 2 is 1.95 bits per heavy atom. The van der Waals surface area contributed by atoms with Crippen molar-refractivity contribution in [2.24, 2.45) is 11.8 Å². The van der Waals surface area contributed by atoms with Gasteiger partial charge in [0.05, 0.1) is 0 Å². The summed E-state index contributed by atoms with van der Waals surface area (Å²) in [6, 6.07) is 10.3. The van der Waals surface area contributed by atoms with Gasteiger partial charge in [-0.1, -0.05) is 43.2 Å². The van der Waals surface area contributed by atoms with Crippen LogP contribution in [0.3, 0.4) is 0 Å². The molecule has 0 heterocycles. The Kier molecular flexibility index (Phi) is 4.30. The molecule has 2 aliphatic carbocycles. The number of nitrogens with one attached hydrogen (secondary N) is 1. The minimum absolute atomic E-state index is 0.176. The van der Waals surface area contributed by atoms with E-state index in [4.69, 9.17) is 11.6 Å². The monoisotopic (exact) mass is 291 g/mol. The van der Waals surface area contributed by atoms with E-state index in [1.54, 1.807) is 0 Å². The van der Waals surface area contributed by atoms with Gasteiger partial charge in [0.15, 0.2) is 0 Å². The maximum absolute atomic E-state index is 12.2. The number of hydrogen-bond donors (Lipinski definition) is 1. The van der Waals surface area contributed by atoms with Crippen molar-refractivity contribution in [1.29, 1.82) is 0 Å². The Hall–Kier alpha value is -1.02. The highest BCUT2D eigenvalue weighted by Gasteiger charge is 2.43. The van der Waals surface area contributed by atoms with Gasteiger partial charge in [-0.3, -0.25) is 4.79 Å². The SMILES string of the molecule is O=C(NCC1CCCCC1Cl)C1CC1c1ccccc1. The van der Waals surface area contributed by atoms with E-state index in [1.807, 2.05) is 18.2 Å². The molecule has 1 amide bonds. The van der Waals surface area contributed by atoms with Crippen LogP contribution in [-0.2, 0) is 4.79 Å². The van der Waals surface area contributed by atoms with Crippen LogP contribution in [0.4, 0.5) is 0 Å². The van der Waals surface area contributed by atoms with Crippen molar-refractivity contribution >= 4 is 17.5 Å². The molecule has 0 bridgehead atoms. The third kappa shape index (κ3) is 3.17. The molecule has 108 valence electrons. The molecule has 0 aromatic heterocycles. The normalized spacial score (nSPS) is 32.6. The first-order chi connectivity index (χ1) is 9.75. The lowest BCUT2D eigenvalue weighted by Crippen LogP contribution is -2.35. The van der Waals surface area contributed by atoms with Gasteiger partial charge in [-0.25, -0.2) is 0 Å². The van der Waals surface area contributed by atoms with Crippen LogP contribution >= 0.6 is 11.6 Å². The first kappa shape index (κ1) is 13.9. The zero-order valence-electron chi connectivity index (χ0n) is 11.7. The summed E-state index contributed by atoms with van der Waals surface area (Å²) in [5.74, 6) is 1.28. The molecule has 1 aromatic rings.